The van der Waals surface area contributed by atoms with Gasteiger partial charge in [-0.3, -0.25) is 0 Å². The van der Waals surface area contributed by atoms with Gasteiger partial charge in [-0.15, -0.1) is 5.10 Å². The SMILES string of the molecule is COc1nn2cc(-c3cc4cc(F)c(OC)cc4o3)nc2s1. The van der Waals surface area contributed by atoms with Crippen molar-refractivity contribution in [2.45, 2.75) is 0 Å². The van der Waals surface area contributed by atoms with Crippen molar-refractivity contribution >= 4 is 27.3 Å². The molecule has 0 spiro atoms. The third-order valence-corrected chi connectivity index (χ3v) is 4.13. The van der Waals surface area contributed by atoms with Crippen LogP contribution in [0.15, 0.2) is 28.8 Å². The van der Waals surface area contributed by atoms with Crippen LogP contribution in [-0.4, -0.2) is 28.8 Å². The van der Waals surface area contributed by atoms with Crippen molar-refractivity contribution in [1.29, 1.82) is 0 Å². The summed E-state index contributed by atoms with van der Waals surface area (Å²) < 4.78 is 31.1. The minimum absolute atomic E-state index is 0.144. The minimum Gasteiger partial charge on any atom is -0.494 e. The van der Waals surface area contributed by atoms with Gasteiger partial charge in [0.1, 0.15) is 11.3 Å². The number of furan rings is 1. The van der Waals surface area contributed by atoms with Crippen LogP contribution in [-0.2, 0) is 0 Å². The molecule has 0 bridgehead atoms. The smallest absolute Gasteiger partial charge is 0.294 e. The quantitative estimate of drug-likeness (QED) is 0.579. The topological polar surface area (TPSA) is 61.8 Å². The van der Waals surface area contributed by atoms with Crippen molar-refractivity contribution in [1.82, 2.24) is 14.6 Å². The Morgan fingerprint density at radius 2 is 2.09 bits per heavy atom. The molecule has 22 heavy (non-hydrogen) atoms. The predicted molar refractivity (Wildman–Crippen MR) is 79.1 cm³/mol. The Morgan fingerprint density at radius 3 is 2.82 bits per heavy atom. The van der Waals surface area contributed by atoms with Crippen molar-refractivity contribution in [3.05, 3.63) is 30.2 Å². The Hall–Kier alpha value is -2.61. The first-order valence-corrected chi connectivity index (χ1v) is 7.17. The number of rotatable bonds is 3. The van der Waals surface area contributed by atoms with Gasteiger partial charge in [0.05, 0.1) is 20.4 Å². The number of methoxy groups -OCH3 is 2. The zero-order valence-electron chi connectivity index (χ0n) is 11.7. The van der Waals surface area contributed by atoms with Crippen LogP contribution in [0.2, 0.25) is 0 Å². The summed E-state index contributed by atoms with van der Waals surface area (Å²) in [5.74, 6) is 0.254. The Morgan fingerprint density at radius 1 is 1.23 bits per heavy atom. The average Bonchev–Trinajstić information content (AvgIpc) is 3.17. The maximum Gasteiger partial charge on any atom is 0.294 e. The van der Waals surface area contributed by atoms with Crippen LogP contribution in [0.3, 0.4) is 0 Å². The largest absolute Gasteiger partial charge is 0.494 e. The summed E-state index contributed by atoms with van der Waals surface area (Å²) in [7, 11) is 2.97. The van der Waals surface area contributed by atoms with Crippen molar-refractivity contribution in [3.63, 3.8) is 0 Å². The van der Waals surface area contributed by atoms with Crippen LogP contribution in [0, 0.1) is 5.82 Å². The Bertz CT molecular complexity index is 957. The number of hydrogen-bond acceptors (Lipinski definition) is 6. The average molecular weight is 319 g/mol. The number of fused-ring (bicyclic) bond motifs is 2. The number of imidazole rings is 1. The van der Waals surface area contributed by atoms with Gasteiger partial charge < -0.3 is 13.9 Å². The molecule has 0 radical (unpaired) electrons. The maximum atomic E-state index is 13.7. The second-order valence-corrected chi connectivity index (χ2v) is 5.48. The molecule has 4 rings (SSSR count). The molecule has 0 unspecified atom stereocenters. The molecule has 4 aromatic rings. The monoisotopic (exact) mass is 319 g/mol. The summed E-state index contributed by atoms with van der Waals surface area (Å²) in [6, 6.07) is 4.64. The van der Waals surface area contributed by atoms with E-state index in [-0.39, 0.29) is 5.75 Å². The lowest BCUT2D eigenvalue weighted by molar-refractivity contribution is 0.386. The lowest BCUT2D eigenvalue weighted by atomic mass is 10.2. The van der Waals surface area contributed by atoms with Crippen LogP contribution in [0.5, 0.6) is 10.9 Å². The lowest BCUT2D eigenvalue weighted by Crippen LogP contribution is -1.86. The second-order valence-electron chi connectivity index (χ2n) is 4.56. The molecule has 0 aliphatic heterocycles. The highest BCUT2D eigenvalue weighted by Crippen LogP contribution is 2.32. The highest BCUT2D eigenvalue weighted by molar-refractivity contribution is 7.18. The fourth-order valence-corrected chi connectivity index (χ4v) is 2.91. The molecular formula is C14H10FN3O3S. The number of benzene rings is 1. The summed E-state index contributed by atoms with van der Waals surface area (Å²) in [4.78, 5) is 5.12. The van der Waals surface area contributed by atoms with E-state index in [9.17, 15) is 4.39 Å². The van der Waals surface area contributed by atoms with Crippen molar-refractivity contribution in [2.75, 3.05) is 14.2 Å². The van der Waals surface area contributed by atoms with Gasteiger partial charge in [-0.1, -0.05) is 0 Å². The third kappa shape index (κ3) is 1.92. The number of hydrogen-bond donors (Lipinski definition) is 0. The fraction of sp³-hybridized carbons (Fsp3) is 0.143. The molecule has 0 aliphatic rings. The van der Waals surface area contributed by atoms with Crippen LogP contribution in [0.4, 0.5) is 4.39 Å². The standard InChI is InChI=1S/C14H10FN3O3S/c1-19-11-5-10-7(3-8(11)15)4-12(21-10)9-6-18-13(16-9)22-14(17-18)20-2/h3-6H,1-2H3. The zero-order valence-corrected chi connectivity index (χ0v) is 12.5. The number of nitrogens with zero attached hydrogens (tertiary/aromatic N) is 3. The van der Waals surface area contributed by atoms with Crippen LogP contribution < -0.4 is 9.47 Å². The third-order valence-electron chi connectivity index (χ3n) is 3.24. The van der Waals surface area contributed by atoms with Gasteiger partial charge in [-0.2, -0.15) is 0 Å². The molecule has 0 amide bonds. The lowest BCUT2D eigenvalue weighted by Gasteiger charge is -1.99. The molecule has 0 N–H and O–H groups in total. The molecule has 0 saturated carbocycles. The summed E-state index contributed by atoms with van der Waals surface area (Å²) in [5, 5.41) is 5.38. The van der Waals surface area contributed by atoms with E-state index < -0.39 is 5.82 Å². The number of halogens is 1. The molecular weight excluding hydrogens is 309 g/mol. The first kappa shape index (κ1) is 13.1. The van der Waals surface area contributed by atoms with E-state index in [2.05, 4.69) is 10.1 Å². The van der Waals surface area contributed by atoms with Gasteiger partial charge in [0, 0.05) is 11.5 Å². The van der Waals surface area contributed by atoms with Gasteiger partial charge in [-0.05, 0) is 23.5 Å². The van der Waals surface area contributed by atoms with Crippen molar-refractivity contribution in [3.8, 4) is 22.4 Å². The van der Waals surface area contributed by atoms with E-state index in [4.69, 9.17) is 13.9 Å². The molecule has 112 valence electrons. The molecule has 0 fully saturated rings. The fourth-order valence-electron chi connectivity index (χ4n) is 2.21. The van der Waals surface area contributed by atoms with Crippen molar-refractivity contribution < 1.29 is 18.3 Å². The Kier molecular flexibility index (Phi) is 2.80. The molecule has 0 saturated heterocycles. The van der Waals surface area contributed by atoms with Crippen LogP contribution in [0.25, 0.3) is 27.4 Å². The van der Waals surface area contributed by atoms with E-state index in [0.717, 1.165) is 0 Å². The summed E-state index contributed by atoms with van der Waals surface area (Å²) in [6.45, 7) is 0. The molecule has 0 aliphatic carbocycles. The molecule has 8 heteroatoms. The normalized spacial score (nSPS) is 11.4. The zero-order chi connectivity index (χ0) is 15.3. The second kappa shape index (κ2) is 4.70. The summed E-state index contributed by atoms with van der Waals surface area (Å²) in [6.07, 6.45) is 1.74. The molecule has 3 aromatic heterocycles. The van der Waals surface area contributed by atoms with Gasteiger partial charge in [0.15, 0.2) is 17.3 Å². The Labute approximate surface area is 127 Å². The van der Waals surface area contributed by atoms with Crippen LogP contribution >= 0.6 is 11.3 Å². The minimum atomic E-state index is -0.431. The van der Waals surface area contributed by atoms with Gasteiger partial charge in [-0.25, -0.2) is 13.9 Å². The molecule has 1 aromatic carbocycles. The number of ether oxygens (including phenoxy) is 2. The van der Waals surface area contributed by atoms with Crippen molar-refractivity contribution in [2.24, 2.45) is 0 Å². The van der Waals surface area contributed by atoms with Gasteiger partial charge in [0.2, 0.25) is 4.96 Å². The van der Waals surface area contributed by atoms with E-state index in [1.165, 1.54) is 30.6 Å². The van der Waals surface area contributed by atoms with Gasteiger partial charge >= 0.3 is 0 Å². The predicted octanol–water partition coefficient (Wildman–Crippen LogP) is 3.36. The van der Waals surface area contributed by atoms with Gasteiger partial charge in [0.25, 0.3) is 5.19 Å². The van der Waals surface area contributed by atoms with E-state index >= 15 is 0 Å². The number of aromatic nitrogens is 3. The summed E-state index contributed by atoms with van der Waals surface area (Å²) >= 11 is 1.33. The maximum absolute atomic E-state index is 13.7. The first-order valence-electron chi connectivity index (χ1n) is 6.35. The first-order chi connectivity index (χ1) is 10.7. The molecule has 6 nitrogen and oxygen atoms in total. The van der Waals surface area contributed by atoms with E-state index in [0.29, 0.717) is 32.6 Å². The molecule has 3 heterocycles. The summed E-state index contributed by atoms with van der Waals surface area (Å²) in [5.41, 5.74) is 1.16. The molecule has 0 atom stereocenters. The van der Waals surface area contributed by atoms with E-state index in [1.54, 1.807) is 23.9 Å². The highest BCUT2D eigenvalue weighted by Gasteiger charge is 2.15. The van der Waals surface area contributed by atoms with Crippen LogP contribution in [0.1, 0.15) is 0 Å². The highest BCUT2D eigenvalue weighted by atomic mass is 32.1. The Balaban J connectivity index is 1.82. The van der Waals surface area contributed by atoms with E-state index in [1.807, 2.05) is 0 Å².